The SMILES string of the molecule is CCC(C)CN1CCC[C@@H]1CN. The van der Waals surface area contributed by atoms with E-state index in [2.05, 4.69) is 18.7 Å². The number of nitrogens with zero attached hydrogens (tertiary/aromatic N) is 1. The summed E-state index contributed by atoms with van der Waals surface area (Å²) in [5, 5.41) is 0. The van der Waals surface area contributed by atoms with E-state index in [0.717, 1.165) is 12.5 Å². The first-order valence-electron chi connectivity index (χ1n) is 5.22. The predicted molar refractivity (Wildman–Crippen MR) is 53.1 cm³/mol. The Labute approximate surface area is 76.1 Å². The monoisotopic (exact) mass is 170 g/mol. The molecule has 0 amide bonds. The minimum absolute atomic E-state index is 0.680. The molecule has 1 saturated heterocycles. The van der Waals surface area contributed by atoms with Crippen molar-refractivity contribution in [1.82, 2.24) is 4.90 Å². The van der Waals surface area contributed by atoms with Crippen molar-refractivity contribution >= 4 is 0 Å². The highest BCUT2D eigenvalue weighted by atomic mass is 15.2. The maximum atomic E-state index is 5.70. The number of hydrogen-bond acceptors (Lipinski definition) is 2. The van der Waals surface area contributed by atoms with Crippen molar-refractivity contribution in [3.05, 3.63) is 0 Å². The fourth-order valence-electron chi connectivity index (χ4n) is 1.93. The molecule has 2 N–H and O–H groups in total. The zero-order chi connectivity index (χ0) is 8.97. The van der Waals surface area contributed by atoms with Gasteiger partial charge in [-0.3, -0.25) is 4.90 Å². The Hall–Kier alpha value is -0.0800. The molecule has 1 heterocycles. The molecular weight excluding hydrogens is 148 g/mol. The van der Waals surface area contributed by atoms with Crippen LogP contribution in [0.25, 0.3) is 0 Å². The maximum Gasteiger partial charge on any atom is 0.0219 e. The van der Waals surface area contributed by atoms with Gasteiger partial charge in [0.25, 0.3) is 0 Å². The molecule has 0 spiro atoms. The molecule has 2 atom stereocenters. The molecule has 1 fully saturated rings. The summed E-state index contributed by atoms with van der Waals surface area (Å²) in [5.74, 6) is 0.831. The van der Waals surface area contributed by atoms with Crippen LogP contribution in [0.2, 0.25) is 0 Å². The van der Waals surface area contributed by atoms with E-state index in [1.165, 1.54) is 32.4 Å². The van der Waals surface area contributed by atoms with Crippen LogP contribution in [-0.2, 0) is 0 Å². The van der Waals surface area contributed by atoms with Gasteiger partial charge in [-0.15, -0.1) is 0 Å². The smallest absolute Gasteiger partial charge is 0.0219 e. The number of nitrogens with two attached hydrogens (primary N) is 1. The van der Waals surface area contributed by atoms with E-state index < -0.39 is 0 Å². The number of hydrogen-bond donors (Lipinski definition) is 1. The zero-order valence-corrected chi connectivity index (χ0v) is 8.42. The summed E-state index contributed by atoms with van der Waals surface area (Å²) in [6, 6.07) is 0.680. The second kappa shape index (κ2) is 4.83. The van der Waals surface area contributed by atoms with Crippen LogP contribution in [0.5, 0.6) is 0 Å². The summed E-state index contributed by atoms with van der Waals surface area (Å²) in [5.41, 5.74) is 5.70. The number of likely N-dealkylation sites (tertiary alicyclic amines) is 1. The molecule has 0 aliphatic carbocycles. The largest absolute Gasteiger partial charge is 0.329 e. The van der Waals surface area contributed by atoms with Crippen LogP contribution in [0, 0.1) is 5.92 Å². The van der Waals surface area contributed by atoms with Gasteiger partial charge < -0.3 is 5.73 Å². The van der Waals surface area contributed by atoms with Crippen LogP contribution in [0.4, 0.5) is 0 Å². The summed E-state index contributed by atoms with van der Waals surface area (Å²) >= 11 is 0. The average molecular weight is 170 g/mol. The highest BCUT2D eigenvalue weighted by Crippen LogP contribution is 2.18. The molecule has 2 nitrogen and oxygen atoms in total. The van der Waals surface area contributed by atoms with E-state index in [9.17, 15) is 0 Å². The minimum atomic E-state index is 0.680. The van der Waals surface area contributed by atoms with Crippen molar-refractivity contribution in [2.75, 3.05) is 19.6 Å². The number of rotatable bonds is 4. The van der Waals surface area contributed by atoms with Gasteiger partial charge in [0.15, 0.2) is 0 Å². The molecule has 2 heteroatoms. The molecule has 1 rings (SSSR count). The van der Waals surface area contributed by atoms with E-state index in [-0.39, 0.29) is 0 Å². The van der Waals surface area contributed by atoms with Crippen molar-refractivity contribution in [3.8, 4) is 0 Å². The summed E-state index contributed by atoms with van der Waals surface area (Å²) < 4.78 is 0. The molecule has 72 valence electrons. The summed E-state index contributed by atoms with van der Waals surface area (Å²) in [7, 11) is 0. The highest BCUT2D eigenvalue weighted by Gasteiger charge is 2.23. The molecular formula is C10H22N2. The first-order valence-corrected chi connectivity index (χ1v) is 5.22. The Kier molecular flexibility index (Phi) is 4.02. The summed E-state index contributed by atoms with van der Waals surface area (Å²) in [6.45, 7) is 7.95. The maximum absolute atomic E-state index is 5.70. The lowest BCUT2D eigenvalue weighted by atomic mass is 10.1. The quantitative estimate of drug-likeness (QED) is 0.692. The third-order valence-corrected chi connectivity index (χ3v) is 3.01. The predicted octanol–water partition coefficient (Wildman–Crippen LogP) is 1.46. The van der Waals surface area contributed by atoms with Gasteiger partial charge in [0.2, 0.25) is 0 Å². The molecule has 1 aliphatic rings. The van der Waals surface area contributed by atoms with Crippen LogP contribution < -0.4 is 5.73 Å². The van der Waals surface area contributed by atoms with E-state index in [1.807, 2.05) is 0 Å². The standard InChI is InChI=1S/C10H22N2/c1-3-9(2)8-12-6-4-5-10(12)7-11/h9-10H,3-8,11H2,1-2H3/t9?,10-/m1/s1. The first-order chi connectivity index (χ1) is 5.77. The lowest BCUT2D eigenvalue weighted by Gasteiger charge is -2.25. The third kappa shape index (κ3) is 2.46. The van der Waals surface area contributed by atoms with Crippen LogP contribution in [0.3, 0.4) is 0 Å². The van der Waals surface area contributed by atoms with Gasteiger partial charge in [0, 0.05) is 19.1 Å². The minimum Gasteiger partial charge on any atom is -0.329 e. The fourth-order valence-corrected chi connectivity index (χ4v) is 1.93. The average Bonchev–Trinajstić information content (AvgIpc) is 2.51. The molecule has 0 aromatic carbocycles. The Bertz CT molecular complexity index is 125. The molecule has 0 aromatic rings. The molecule has 12 heavy (non-hydrogen) atoms. The van der Waals surface area contributed by atoms with E-state index in [4.69, 9.17) is 5.73 Å². The van der Waals surface area contributed by atoms with Crippen LogP contribution in [-0.4, -0.2) is 30.6 Å². The Morgan fingerprint density at radius 3 is 2.92 bits per heavy atom. The van der Waals surface area contributed by atoms with Crippen molar-refractivity contribution < 1.29 is 0 Å². The van der Waals surface area contributed by atoms with Crippen LogP contribution in [0.1, 0.15) is 33.1 Å². The molecule has 0 saturated carbocycles. The summed E-state index contributed by atoms with van der Waals surface area (Å²) in [4.78, 5) is 2.56. The lowest BCUT2D eigenvalue weighted by Crippen LogP contribution is -2.37. The topological polar surface area (TPSA) is 29.3 Å². The molecule has 1 unspecified atom stereocenters. The van der Waals surface area contributed by atoms with E-state index in [1.54, 1.807) is 0 Å². The Morgan fingerprint density at radius 2 is 2.33 bits per heavy atom. The van der Waals surface area contributed by atoms with Gasteiger partial charge in [0.05, 0.1) is 0 Å². The second-order valence-electron chi connectivity index (χ2n) is 4.04. The fraction of sp³-hybridized carbons (Fsp3) is 1.00. The van der Waals surface area contributed by atoms with Crippen LogP contribution >= 0.6 is 0 Å². The molecule has 0 aromatic heterocycles. The van der Waals surface area contributed by atoms with Gasteiger partial charge >= 0.3 is 0 Å². The second-order valence-corrected chi connectivity index (χ2v) is 4.04. The van der Waals surface area contributed by atoms with Crippen molar-refractivity contribution in [1.29, 1.82) is 0 Å². The first kappa shape index (κ1) is 10.0. The van der Waals surface area contributed by atoms with Gasteiger partial charge in [-0.25, -0.2) is 0 Å². The lowest BCUT2D eigenvalue weighted by molar-refractivity contribution is 0.222. The highest BCUT2D eigenvalue weighted by molar-refractivity contribution is 4.80. The van der Waals surface area contributed by atoms with E-state index in [0.29, 0.717) is 6.04 Å². The third-order valence-electron chi connectivity index (χ3n) is 3.01. The van der Waals surface area contributed by atoms with Gasteiger partial charge in [-0.05, 0) is 25.3 Å². The van der Waals surface area contributed by atoms with Gasteiger partial charge in [0.1, 0.15) is 0 Å². The molecule has 0 bridgehead atoms. The zero-order valence-electron chi connectivity index (χ0n) is 8.42. The van der Waals surface area contributed by atoms with E-state index >= 15 is 0 Å². The van der Waals surface area contributed by atoms with Crippen molar-refractivity contribution in [2.24, 2.45) is 11.7 Å². The van der Waals surface area contributed by atoms with Crippen LogP contribution in [0.15, 0.2) is 0 Å². The Balaban J connectivity index is 2.30. The van der Waals surface area contributed by atoms with Gasteiger partial charge in [-0.1, -0.05) is 20.3 Å². The molecule has 0 radical (unpaired) electrons. The molecule has 1 aliphatic heterocycles. The van der Waals surface area contributed by atoms with Crippen molar-refractivity contribution in [3.63, 3.8) is 0 Å². The van der Waals surface area contributed by atoms with Gasteiger partial charge in [-0.2, -0.15) is 0 Å². The Morgan fingerprint density at radius 1 is 1.58 bits per heavy atom. The normalized spacial score (nSPS) is 27.8. The van der Waals surface area contributed by atoms with Crippen molar-refractivity contribution in [2.45, 2.75) is 39.2 Å². The summed E-state index contributed by atoms with van der Waals surface area (Å²) in [6.07, 6.45) is 3.94.